The Morgan fingerprint density at radius 1 is 0.926 bits per heavy atom. The van der Waals surface area contributed by atoms with Crippen molar-refractivity contribution in [2.75, 3.05) is 0 Å². The molecule has 0 saturated heterocycles. The fourth-order valence-electron chi connectivity index (χ4n) is 3.50. The second kappa shape index (κ2) is 8.32. The van der Waals surface area contributed by atoms with Gasteiger partial charge in [-0.1, -0.05) is 0 Å². The zero-order valence-electron chi connectivity index (χ0n) is 15.1. The van der Waals surface area contributed by atoms with Crippen LogP contribution < -0.4 is 0 Å². The van der Waals surface area contributed by atoms with E-state index in [1.165, 1.54) is 0 Å². The van der Waals surface area contributed by atoms with Crippen LogP contribution in [0.25, 0.3) is 0 Å². The minimum absolute atomic E-state index is 0.0268. The van der Waals surface area contributed by atoms with E-state index >= 15 is 0 Å². The Labute approximate surface area is 163 Å². The first-order valence-corrected chi connectivity index (χ1v) is 11.0. The van der Waals surface area contributed by atoms with Gasteiger partial charge in [-0.25, -0.2) is 0 Å². The molecule has 0 radical (unpaired) electrons. The van der Waals surface area contributed by atoms with Crippen molar-refractivity contribution >= 4 is 17.9 Å². The standard InChI is InChI=1S/C11H15.3C3H2O2.Ti/c1-8-7-10-5-3-4-6-11(10)9(8)2;3*1-2-3(4)5;/h9H,3-6H2,1-2H3;3*1H,(H,4,5);/q;;;;+3/p-3. The van der Waals surface area contributed by atoms with Gasteiger partial charge in [0.05, 0.1) is 0 Å². The van der Waals surface area contributed by atoms with Crippen molar-refractivity contribution in [3.05, 3.63) is 20.6 Å². The van der Waals surface area contributed by atoms with Gasteiger partial charge >= 0.3 is 163 Å². The fraction of sp³-hybridized carbons (Fsp3) is 0.350. The Kier molecular flexibility index (Phi) is 6.34. The Hall–Kier alpha value is -2.72. The van der Waals surface area contributed by atoms with Crippen LogP contribution in [0.5, 0.6) is 0 Å². The number of carbonyl (C=O) groups excluding carboxylic acids is 3. The summed E-state index contributed by atoms with van der Waals surface area (Å²) in [4.78, 5) is 35.8. The number of carbonyl (C=O) groups is 3. The molecule has 2 aliphatic rings. The zero-order chi connectivity index (χ0) is 20.2. The molecular formula is C20H18O6Ti. The Bertz CT molecular complexity index is 818. The zero-order valence-corrected chi connectivity index (χ0v) is 16.6. The second-order valence-electron chi connectivity index (χ2n) is 6.15. The second-order valence-corrected chi connectivity index (χ2v) is 9.62. The van der Waals surface area contributed by atoms with Crippen molar-refractivity contribution < 1.29 is 42.1 Å². The first-order valence-electron chi connectivity index (χ1n) is 8.31. The van der Waals surface area contributed by atoms with Gasteiger partial charge in [-0.2, -0.15) is 0 Å². The molecule has 1 unspecified atom stereocenters. The van der Waals surface area contributed by atoms with Gasteiger partial charge in [0.2, 0.25) is 0 Å². The van der Waals surface area contributed by atoms with Crippen LogP contribution in [-0.2, 0) is 42.1 Å². The summed E-state index contributed by atoms with van der Waals surface area (Å²) in [7, 11) is 0. The van der Waals surface area contributed by atoms with Crippen molar-refractivity contribution in [3.63, 3.8) is 0 Å². The van der Waals surface area contributed by atoms with Crippen LogP contribution >= 0.6 is 0 Å². The topological polar surface area (TPSA) is 78.9 Å². The molecule has 138 valence electrons. The molecule has 0 aromatic carbocycles. The van der Waals surface area contributed by atoms with E-state index in [-0.39, 0.29) is 5.92 Å². The summed E-state index contributed by atoms with van der Waals surface area (Å²) < 4.78 is 16.4. The predicted octanol–water partition coefficient (Wildman–Crippen LogP) is 2.21. The summed E-state index contributed by atoms with van der Waals surface area (Å²) in [5, 5.41) is 0. The van der Waals surface area contributed by atoms with Crippen LogP contribution in [0, 0.1) is 42.9 Å². The number of hydrogen-bond acceptors (Lipinski definition) is 6. The van der Waals surface area contributed by atoms with Gasteiger partial charge in [0.1, 0.15) is 0 Å². The molecule has 1 atom stereocenters. The molecule has 0 amide bonds. The van der Waals surface area contributed by atoms with Crippen LogP contribution in [0.4, 0.5) is 0 Å². The van der Waals surface area contributed by atoms with Crippen LogP contribution in [0.2, 0.25) is 0 Å². The monoisotopic (exact) mass is 402 g/mol. The van der Waals surface area contributed by atoms with Crippen LogP contribution in [0.1, 0.15) is 39.5 Å². The average Bonchev–Trinajstić information content (AvgIpc) is 2.92. The van der Waals surface area contributed by atoms with E-state index in [1.54, 1.807) is 17.8 Å². The third-order valence-corrected chi connectivity index (χ3v) is 8.89. The number of allylic oxidation sites excluding steroid dienone is 4. The summed E-state index contributed by atoms with van der Waals surface area (Å²) in [5.41, 5.74) is 2.82. The summed E-state index contributed by atoms with van der Waals surface area (Å²) in [6.45, 7) is 3.81. The number of terminal acetylenes is 3. The van der Waals surface area contributed by atoms with Gasteiger partial charge in [-0.3, -0.25) is 0 Å². The van der Waals surface area contributed by atoms with E-state index in [4.69, 9.17) is 29.2 Å². The van der Waals surface area contributed by atoms with Crippen LogP contribution in [-0.4, -0.2) is 17.9 Å². The molecule has 7 heteroatoms. The molecule has 0 bridgehead atoms. The van der Waals surface area contributed by atoms with Crippen LogP contribution in [0.15, 0.2) is 20.6 Å². The number of rotatable bonds is 4. The van der Waals surface area contributed by atoms with Gasteiger partial charge in [0.15, 0.2) is 0 Å². The maximum absolute atomic E-state index is 11.9. The van der Waals surface area contributed by atoms with Crippen molar-refractivity contribution in [2.24, 2.45) is 5.92 Å². The molecule has 27 heavy (non-hydrogen) atoms. The molecule has 0 N–H and O–H groups in total. The molecule has 0 heterocycles. The Morgan fingerprint density at radius 3 is 1.81 bits per heavy atom. The van der Waals surface area contributed by atoms with Crippen molar-refractivity contribution in [3.8, 4) is 37.0 Å². The van der Waals surface area contributed by atoms with E-state index in [2.05, 4.69) is 0 Å². The van der Waals surface area contributed by atoms with E-state index in [1.807, 2.05) is 13.8 Å². The molecule has 6 nitrogen and oxygen atoms in total. The van der Waals surface area contributed by atoms with E-state index < -0.39 is 35.7 Å². The van der Waals surface area contributed by atoms with Crippen molar-refractivity contribution in [1.29, 1.82) is 0 Å². The van der Waals surface area contributed by atoms with Gasteiger partial charge in [-0.15, -0.1) is 0 Å². The average molecular weight is 402 g/mol. The SMILES string of the molecule is C#CC(=O)[O][Ti]([O]C(=O)C#C)([O]C(=O)C#C)[C]1=C(C)C(C)C2=C1CCCC2. The Balaban J connectivity index is 2.71. The summed E-state index contributed by atoms with van der Waals surface area (Å²) in [5.74, 6) is 2.01. The third kappa shape index (κ3) is 4.01. The van der Waals surface area contributed by atoms with E-state index in [9.17, 15) is 14.4 Å². The first-order chi connectivity index (χ1) is 12.8. The van der Waals surface area contributed by atoms with Gasteiger partial charge in [-0.05, 0) is 0 Å². The molecule has 0 aliphatic heterocycles. The summed E-state index contributed by atoms with van der Waals surface area (Å²) >= 11 is -5.15. The molecule has 0 spiro atoms. The normalized spacial score (nSPS) is 18.6. The molecular weight excluding hydrogens is 384 g/mol. The maximum atomic E-state index is 11.9. The number of hydrogen-bond donors (Lipinski definition) is 0. The van der Waals surface area contributed by atoms with E-state index in [0.717, 1.165) is 36.0 Å². The van der Waals surface area contributed by atoms with E-state index in [0.29, 0.717) is 10.3 Å². The third-order valence-electron chi connectivity index (χ3n) is 4.72. The quantitative estimate of drug-likeness (QED) is 0.530. The molecule has 2 aliphatic carbocycles. The predicted molar refractivity (Wildman–Crippen MR) is 92.1 cm³/mol. The van der Waals surface area contributed by atoms with Crippen molar-refractivity contribution in [2.45, 2.75) is 39.5 Å². The van der Waals surface area contributed by atoms with Gasteiger partial charge in [0.25, 0.3) is 0 Å². The summed E-state index contributed by atoms with van der Waals surface area (Å²) in [6, 6.07) is 0. The molecule has 2 rings (SSSR count). The molecule has 0 aromatic heterocycles. The fourth-order valence-corrected chi connectivity index (χ4v) is 7.71. The van der Waals surface area contributed by atoms with Gasteiger partial charge in [0, 0.05) is 0 Å². The molecule has 0 fully saturated rings. The molecule has 0 aromatic rings. The van der Waals surface area contributed by atoms with Crippen LogP contribution in [0.3, 0.4) is 0 Å². The first kappa shape index (κ1) is 20.6. The van der Waals surface area contributed by atoms with Gasteiger partial charge < -0.3 is 0 Å². The van der Waals surface area contributed by atoms with Crippen molar-refractivity contribution in [1.82, 2.24) is 0 Å². The summed E-state index contributed by atoms with van der Waals surface area (Å²) in [6.07, 6.45) is 18.8. The Morgan fingerprint density at radius 2 is 1.37 bits per heavy atom. The molecule has 0 saturated carbocycles. The minimum atomic E-state index is -5.15.